The number of nitro groups is 1. The van der Waals surface area contributed by atoms with Crippen LogP contribution in [-0.2, 0) is 4.79 Å². The molecule has 1 aromatic carbocycles. The van der Waals surface area contributed by atoms with Crippen LogP contribution in [0.4, 0.5) is 5.69 Å². The second kappa shape index (κ2) is 4.93. The van der Waals surface area contributed by atoms with Gasteiger partial charge in [-0.3, -0.25) is 14.9 Å². The summed E-state index contributed by atoms with van der Waals surface area (Å²) < 4.78 is 9.98. The van der Waals surface area contributed by atoms with Crippen molar-refractivity contribution >= 4 is 27.6 Å². The molecule has 0 amide bonds. The monoisotopic (exact) mass is 289 g/mol. The number of halogens is 1. The average molecular weight is 290 g/mol. The topological polar surface area (TPSA) is 78.7 Å². The predicted molar refractivity (Wildman–Crippen MR) is 58.7 cm³/mol. The molecule has 0 saturated carbocycles. The van der Waals surface area contributed by atoms with Crippen molar-refractivity contribution in [1.82, 2.24) is 0 Å². The Morgan fingerprint density at radius 3 is 2.50 bits per heavy atom. The third-order valence-corrected chi connectivity index (χ3v) is 2.32. The summed E-state index contributed by atoms with van der Waals surface area (Å²) in [5.74, 6) is -0.313. The van der Waals surface area contributed by atoms with Crippen LogP contribution in [0.3, 0.4) is 0 Å². The summed E-state index contributed by atoms with van der Waals surface area (Å²) in [4.78, 5) is 20.9. The van der Waals surface area contributed by atoms with E-state index in [-0.39, 0.29) is 21.7 Å². The van der Waals surface area contributed by atoms with Crippen LogP contribution in [-0.4, -0.2) is 18.0 Å². The van der Waals surface area contributed by atoms with Gasteiger partial charge in [0.25, 0.3) is 5.69 Å². The lowest BCUT2D eigenvalue weighted by Crippen LogP contribution is -2.04. The highest BCUT2D eigenvalue weighted by Crippen LogP contribution is 2.37. The lowest BCUT2D eigenvalue weighted by Gasteiger charge is -2.08. The first-order valence-electron chi connectivity index (χ1n) is 4.16. The quantitative estimate of drug-likeness (QED) is 0.369. The highest BCUT2D eigenvalue weighted by Gasteiger charge is 2.18. The molecule has 0 aliphatic carbocycles. The fourth-order valence-corrected chi connectivity index (χ4v) is 1.53. The SMILES string of the molecule is COc1cc(Br)c([N+](=O)[O-])cc1OC(C)=O. The zero-order valence-corrected chi connectivity index (χ0v) is 10.1. The van der Waals surface area contributed by atoms with Gasteiger partial charge in [0.05, 0.1) is 22.6 Å². The highest BCUT2D eigenvalue weighted by molar-refractivity contribution is 9.10. The number of carbonyl (C=O) groups excluding carboxylic acids is 1. The van der Waals surface area contributed by atoms with E-state index in [4.69, 9.17) is 9.47 Å². The summed E-state index contributed by atoms with van der Waals surface area (Å²) in [5.41, 5.74) is -0.197. The molecule has 0 saturated heterocycles. The first-order valence-corrected chi connectivity index (χ1v) is 4.95. The van der Waals surface area contributed by atoms with Crippen molar-refractivity contribution in [2.24, 2.45) is 0 Å². The Morgan fingerprint density at radius 1 is 1.44 bits per heavy atom. The normalized spacial score (nSPS) is 9.69. The maximum atomic E-state index is 10.8. The van der Waals surface area contributed by atoms with Crippen molar-refractivity contribution in [2.75, 3.05) is 7.11 Å². The van der Waals surface area contributed by atoms with E-state index in [0.717, 1.165) is 6.07 Å². The van der Waals surface area contributed by atoms with Gasteiger partial charge in [0.1, 0.15) is 0 Å². The van der Waals surface area contributed by atoms with Crippen LogP contribution in [0.25, 0.3) is 0 Å². The molecule has 0 bridgehead atoms. The van der Waals surface area contributed by atoms with Gasteiger partial charge in [-0.25, -0.2) is 0 Å². The van der Waals surface area contributed by atoms with Crippen molar-refractivity contribution < 1.29 is 19.2 Å². The number of hydrogen-bond donors (Lipinski definition) is 0. The van der Waals surface area contributed by atoms with Gasteiger partial charge in [0, 0.05) is 13.0 Å². The first kappa shape index (κ1) is 12.4. The molecule has 0 spiro atoms. The van der Waals surface area contributed by atoms with E-state index in [0.29, 0.717) is 0 Å². The lowest BCUT2D eigenvalue weighted by atomic mass is 10.3. The van der Waals surface area contributed by atoms with Crippen molar-refractivity contribution in [1.29, 1.82) is 0 Å². The highest BCUT2D eigenvalue weighted by atomic mass is 79.9. The van der Waals surface area contributed by atoms with Gasteiger partial charge in [-0.05, 0) is 15.9 Å². The van der Waals surface area contributed by atoms with Crippen LogP contribution < -0.4 is 9.47 Å². The molecule has 7 heteroatoms. The van der Waals surface area contributed by atoms with Crippen molar-refractivity contribution in [3.63, 3.8) is 0 Å². The molecule has 1 aromatic rings. The maximum absolute atomic E-state index is 10.8. The van der Waals surface area contributed by atoms with Gasteiger partial charge >= 0.3 is 5.97 Å². The van der Waals surface area contributed by atoms with Crippen LogP contribution >= 0.6 is 15.9 Å². The zero-order chi connectivity index (χ0) is 12.3. The standard InChI is InChI=1S/C9H8BrNO5/c1-5(12)16-9-4-7(11(13)14)6(10)3-8(9)15-2/h3-4H,1-2H3. The molecule has 0 radical (unpaired) electrons. The molecule has 0 unspecified atom stereocenters. The van der Waals surface area contributed by atoms with Crippen LogP contribution in [0, 0.1) is 10.1 Å². The van der Waals surface area contributed by atoms with Crippen LogP contribution in [0.15, 0.2) is 16.6 Å². The molecule has 0 atom stereocenters. The van der Waals surface area contributed by atoms with E-state index in [1.165, 1.54) is 20.1 Å². The minimum Gasteiger partial charge on any atom is -0.493 e. The maximum Gasteiger partial charge on any atom is 0.308 e. The van der Waals surface area contributed by atoms with Crippen LogP contribution in [0.2, 0.25) is 0 Å². The zero-order valence-electron chi connectivity index (χ0n) is 8.52. The molecule has 0 heterocycles. The van der Waals surface area contributed by atoms with E-state index in [1.54, 1.807) is 0 Å². The largest absolute Gasteiger partial charge is 0.493 e. The van der Waals surface area contributed by atoms with Gasteiger partial charge in [-0.1, -0.05) is 0 Å². The second-order valence-corrected chi connectivity index (χ2v) is 3.66. The second-order valence-electron chi connectivity index (χ2n) is 2.81. The Bertz CT molecular complexity index is 446. The Hall–Kier alpha value is -1.63. The molecule has 0 aliphatic heterocycles. The molecular formula is C9H8BrNO5. The minimum atomic E-state index is -0.587. The fourth-order valence-electron chi connectivity index (χ4n) is 1.06. The average Bonchev–Trinajstić information content (AvgIpc) is 2.18. The third-order valence-electron chi connectivity index (χ3n) is 1.68. The smallest absolute Gasteiger partial charge is 0.308 e. The number of rotatable bonds is 3. The van der Waals surface area contributed by atoms with E-state index < -0.39 is 10.9 Å². The fraction of sp³-hybridized carbons (Fsp3) is 0.222. The molecular weight excluding hydrogens is 282 g/mol. The number of methoxy groups -OCH3 is 1. The number of nitrogens with zero attached hydrogens (tertiary/aromatic N) is 1. The number of carbonyl (C=O) groups is 1. The Balaban J connectivity index is 3.28. The van der Waals surface area contributed by atoms with Crippen molar-refractivity contribution in [3.05, 3.63) is 26.7 Å². The van der Waals surface area contributed by atoms with Gasteiger partial charge < -0.3 is 9.47 Å². The summed E-state index contributed by atoms with van der Waals surface area (Å²) in [6.07, 6.45) is 0. The number of nitro benzene ring substituents is 1. The number of hydrogen-bond acceptors (Lipinski definition) is 5. The third kappa shape index (κ3) is 2.69. The van der Waals surface area contributed by atoms with Gasteiger partial charge in [-0.15, -0.1) is 0 Å². The molecule has 0 fully saturated rings. The van der Waals surface area contributed by atoms with E-state index in [2.05, 4.69) is 15.9 Å². The lowest BCUT2D eigenvalue weighted by molar-refractivity contribution is -0.385. The van der Waals surface area contributed by atoms with Gasteiger partial charge in [0.2, 0.25) is 0 Å². The number of esters is 1. The van der Waals surface area contributed by atoms with E-state index in [1.807, 2.05) is 0 Å². The summed E-state index contributed by atoms with van der Waals surface area (Å²) in [6, 6.07) is 2.50. The molecule has 1 rings (SSSR count). The van der Waals surface area contributed by atoms with Crippen molar-refractivity contribution in [3.8, 4) is 11.5 Å². The molecule has 16 heavy (non-hydrogen) atoms. The Morgan fingerprint density at radius 2 is 2.06 bits per heavy atom. The number of benzene rings is 1. The van der Waals surface area contributed by atoms with Crippen LogP contribution in [0.5, 0.6) is 11.5 Å². The predicted octanol–water partition coefficient (Wildman–Crippen LogP) is 2.29. The molecule has 0 aromatic heterocycles. The minimum absolute atomic E-state index is 0.0184. The van der Waals surface area contributed by atoms with Crippen LogP contribution in [0.1, 0.15) is 6.92 Å². The Labute approximate surface area is 99.4 Å². The molecule has 0 N–H and O–H groups in total. The Kier molecular flexibility index (Phi) is 3.83. The molecule has 0 aliphatic rings. The summed E-state index contributed by atoms with van der Waals surface area (Å²) in [5, 5.41) is 10.7. The van der Waals surface area contributed by atoms with E-state index >= 15 is 0 Å². The summed E-state index contributed by atoms with van der Waals surface area (Å²) >= 11 is 3.03. The van der Waals surface area contributed by atoms with Gasteiger partial charge in [-0.2, -0.15) is 0 Å². The van der Waals surface area contributed by atoms with Crippen molar-refractivity contribution in [2.45, 2.75) is 6.92 Å². The summed E-state index contributed by atoms with van der Waals surface area (Å²) in [6.45, 7) is 1.20. The first-order chi connectivity index (χ1) is 7.45. The molecule has 86 valence electrons. The van der Waals surface area contributed by atoms with E-state index in [9.17, 15) is 14.9 Å². The van der Waals surface area contributed by atoms with Gasteiger partial charge in [0.15, 0.2) is 11.5 Å². The molecule has 6 nitrogen and oxygen atoms in total. The summed E-state index contributed by atoms with van der Waals surface area (Å²) in [7, 11) is 1.38. The number of ether oxygens (including phenoxy) is 2.